The molecule has 0 spiro atoms. The second-order valence-electron chi connectivity index (χ2n) is 26.0. The van der Waals surface area contributed by atoms with Crippen molar-refractivity contribution in [3.63, 3.8) is 0 Å². The smallest absolute Gasteiger partial charge is 0.220 e. The zero-order valence-corrected chi connectivity index (χ0v) is 58.6. The lowest BCUT2D eigenvalue weighted by Gasteiger charge is -2.48. The number of unbranched alkanes of at least 4 members (excludes halogenated alkanes) is 24. The lowest BCUT2D eigenvalue weighted by Crippen LogP contribution is -2.66. The molecule has 3 heterocycles. The van der Waals surface area contributed by atoms with E-state index in [-0.39, 0.29) is 18.9 Å². The number of nitrogens with one attached hydrogen (secondary N) is 1. The monoisotopic (exact) mass is 1360 g/mol. The average Bonchev–Trinajstić information content (AvgIpc) is 1.09. The van der Waals surface area contributed by atoms with E-state index < -0.39 is 124 Å². The Balaban J connectivity index is 1.45. The first-order chi connectivity index (χ1) is 46.8. The van der Waals surface area contributed by atoms with Crippen LogP contribution in [0.4, 0.5) is 0 Å². The van der Waals surface area contributed by atoms with Gasteiger partial charge in [0.15, 0.2) is 18.9 Å². The highest BCUT2D eigenvalue weighted by molar-refractivity contribution is 5.76. The summed E-state index contributed by atoms with van der Waals surface area (Å²) in [5, 5.41) is 121. The Hall–Kier alpha value is -3.55. The van der Waals surface area contributed by atoms with Crippen molar-refractivity contribution < 1.29 is 89.4 Å². The summed E-state index contributed by atoms with van der Waals surface area (Å²) in [4.78, 5) is 13.4. The van der Waals surface area contributed by atoms with Crippen LogP contribution in [0.25, 0.3) is 0 Å². The molecule has 0 aromatic heterocycles. The molecule has 96 heavy (non-hydrogen) atoms. The van der Waals surface area contributed by atoms with Crippen LogP contribution in [0.3, 0.4) is 0 Å². The molecular weight excluding hydrogens is 1230 g/mol. The van der Waals surface area contributed by atoms with Crippen molar-refractivity contribution in [1.29, 1.82) is 0 Å². The number of ether oxygens (including phenoxy) is 6. The van der Waals surface area contributed by atoms with Gasteiger partial charge in [0.05, 0.1) is 38.6 Å². The van der Waals surface area contributed by atoms with E-state index in [0.717, 1.165) is 89.9 Å². The van der Waals surface area contributed by atoms with E-state index in [1.165, 1.54) is 122 Å². The molecule has 19 nitrogen and oxygen atoms in total. The molecule has 12 N–H and O–H groups in total. The fourth-order valence-electron chi connectivity index (χ4n) is 11.9. The maximum atomic E-state index is 13.4. The van der Waals surface area contributed by atoms with Gasteiger partial charge in [-0.2, -0.15) is 0 Å². The number of hydrogen-bond donors (Lipinski definition) is 12. The van der Waals surface area contributed by atoms with Crippen molar-refractivity contribution in [2.75, 3.05) is 26.4 Å². The molecule has 0 aromatic carbocycles. The second-order valence-corrected chi connectivity index (χ2v) is 26.0. The van der Waals surface area contributed by atoms with Crippen LogP contribution >= 0.6 is 0 Å². The van der Waals surface area contributed by atoms with Gasteiger partial charge in [0.25, 0.3) is 0 Å². The van der Waals surface area contributed by atoms with Gasteiger partial charge >= 0.3 is 0 Å². The topological polar surface area (TPSA) is 307 Å². The number of aliphatic hydroxyl groups is 11. The third-order valence-corrected chi connectivity index (χ3v) is 17.8. The van der Waals surface area contributed by atoms with Gasteiger partial charge < -0.3 is 89.9 Å². The normalized spacial score (nSPS) is 27.7. The minimum absolute atomic E-state index is 0.181. The van der Waals surface area contributed by atoms with Crippen molar-refractivity contribution in [2.45, 2.75) is 343 Å². The van der Waals surface area contributed by atoms with Gasteiger partial charge in [0.2, 0.25) is 5.91 Å². The molecule has 3 aliphatic rings. The lowest BCUT2D eigenvalue weighted by atomic mass is 9.96. The third kappa shape index (κ3) is 37.8. The summed E-state index contributed by atoms with van der Waals surface area (Å²) in [5.41, 5.74) is 0. The summed E-state index contributed by atoms with van der Waals surface area (Å²) < 4.78 is 34.4. The molecule has 552 valence electrons. The first-order valence-corrected chi connectivity index (χ1v) is 37.1. The number of hydrogen-bond acceptors (Lipinski definition) is 18. The Morgan fingerprint density at radius 1 is 0.385 bits per heavy atom. The summed E-state index contributed by atoms with van der Waals surface area (Å²) in [6.07, 6.45) is 50.6. The maximum absolute atomic E-state index is 13.4. The third-order valence-electron chi connectivity index (χ3n) is 17.8. The van der Waals surface area contributed by atoms with Crippen molar-refractivity contribution in [1.82, 2.24) is 5.32 Å². The predicted octanol–water partition coefficient (Wildman–Crippen LogP) is 11.0. The molecule has 1 amide bonds. The van der Waals surface area contributed by atoms with Crippen LogP contribution in [0.2, 0.25) is 0 Å². The molecule has 17 unspecified atom stereocenters. The molecule has 3 saturated heterocycles. The number of carbonyl (C=O) groups is 1. The quantitative estimate of drug-likeness (QED) is 0.0199. The van der Waals surface area contributed by atoms with Crippen LogP contribution in [0.5, 0.6) is 0 Å². The van der Waals surface area contributed by atoms with E-state index in [4.69, 9.17) is 28.4 Å². The molecule has 3 fully saturated rings. The van der Waals surface area contributed by atoms with Crippen LogP contribution in [-0.2, 0) is 33.2 Å². The van der Waals surface area contributed by atoms with E-state index >= 15 is 0 Å². The zero-order valence-electron chi connectivity index (χ0n) is 58.6. The Labute approximate surface area is 576 Å². The first kappa shape index (κ1) is 86.7. The number of carbonyl (C=O) groups excluding carboxylic acids is 1. The van der Waals surface area contributed by atoms with Gasteiger partial charge in [-0.1, -0.05) is 258 Å². The van der Waals surface area contributed by atoms with Gasteiger partial charge in [-0.3, -0.25) is 4.79 Å². The van der Waals surface area contributed by atoms with Crippen molar-refractivity contribution in [3.8, 4) is 0 Å². The SMILES string of the molecule is CC/C=C\C/C=C\C/C=C\C/C=C\C/C=C\C/C=C\C/C=C\C/C=C\CCCCC(=O)NC(COC1OC(CO)C(OC2OC(CO)C(OC3OC(CO)C(O)C(O)C3O)C(O)C2O)C(O)C1O)C(O)/C=C/CCCCCCCCCCCCCCCCCCCCCCCC. The highest BCUT2D eigenvalue weighted by Crippen LogP contribution is 2.33. The predicted molar refractivity (Wildman–Crippen MR) is 378 cm³/mol. The molecule has 0 aromatic rings. The Morgan fingerprint density at radius 3 is 1.12 bits per heavy atom. The van der Waals surface area contributed by atoms with Gasteiger partial charge in [-0.25, -0.2) is 0 Å². The molecule has 3 rings (SSSR count). The molecule has 0 saturated carbocycles. The lowest BCUT2D eigenvalue weighted by molar-refractivity contribution is -0.379. The van der Waals surface area contributed by atoms with E-state index in [1.807, 2.05) is 6.08 Å². The summed E-state index contributed by atoms with van der Waals surface area (Å²) in [6, 6.07) is -1.01. The minimum Gasteiger partial charge on any atom is -0.394 e. The number of rotatable bonds is 56. The summed E-state index contributed by atoms with van der Waals surface area (Å²) in [6.45, 7) is 1.59. The fraction of sp³-hybridized carbons (Fsp3) is 0.753. The van der Waals surface area contributed by atoms with Crippen LogP contribution in [0, 0.1) is 0 Å². The largest absolute Gasteiger partial charge is 0.394 e. The van der Waals surface area contributed by atoms with E-state index in [2.05, 4.69) is 116 Å². The Kier molecular flexibility index (Phi) is 51.6. The molecule has 0 radical (unpaired) electrons. The van der Waals surface area contributed by atoms with Gasteiger partial charge in [0, 0.05) is 6.42 Å². The van der Waals surface area contributed by atoms with Crippen LogP contribution in [-0.4, -0.2) is 193 Å². The van der Waals surface area contributed by atoms with Crippen molar-refractivity contribution in [2.24, 2.45) is 0 Å². The Bertz CT molecular complexity index is 2160. The summed E-state index contributed by atoms with van der Waals surface area (Å²) in [5.74, 6) is -0.320. The van der Waals surface area contributed by atoms with Gasteiger partial charge in [-0.15, -0.1) is 0 Å². The Morgan fingerprint density at radius 2 is 0.719 bits per heavy atom. The summed E-state index contributed by atoms with van der Waals surface area (Å²) >= 11 is 0. The standard InChI is InChI=1S/C77H131NO18/c1-3-5-7-9-11-13-15-17-19-21-23-25-27-29-30-31-33-35-37-39-41-43-45-47-49-51-53-55-65(83)78-60(61(82)54-52-50-48-46-44-42-40-38-36-34-32-28-26-24-22-20-18-16-14-12-10-8-6-4-2)59-91-75-71(89)68(86)73(63(57-80)93-75)96-77-72(90)69(87)74(64(58-81)94-77)95-76-70(88)67(85)66(84)62(56-79)92-76/h5,7,11,13,17,19,23,25,29-30,33,35,39,41,45,47,52,54,60-64,66-77,79-82,84-90H,3-4,6,8-10,12,14-16,18,20-22,24,26-28,31-32,34,36-38,40,42-44,46,48-51,53,55-59H2,1-2H3,(H,78,83)/b7-5-,13-11-,19-17-,25-23-,30-29-,35-33-,41-39-,47-45-,54-52+. The maximum Gasteiger partial charge on any atom is 0.220 e. The van der Waals surface area contributed by atoms with Crippen LogP contribution < -0.4 is 5.32 Å². The van der Waals surface area contributed by atoms with Crippen molar-refractivity contribution >= 4 is 5.91 Å². The average molecular weight is 1360 g/mol. The van der Waals surface area contributed by atoms with Crippen molar-refractivity contribution in [3.05, 3.63) is 109 Å². The second kappa shape index (κ2) is 57.1. The number of amides is 1. The van der Waals surface area contributed by atoms with Crippen LogP contribution in [0.1, 0.15) is 239 Å². The van der Waals surface area contributed by atoms with Gasteiger partial charge in [0.1, 0.15) is 73.2 Å². The fourth-order valence-corrected chi connectivity index (χ4v) is 11.9. The number of aliphatic hydroxyl groups excluding tert-OH is 11. The number of allylic oxidation sites excluding steroid dienone is 17. The van der Waals surface area contributed by atoms with Gasteiger partial charge in [-0.05, 0) is 83.5 Å². The molecule has 19 heteroatoms. The molecule has 17 atom stereocenters. The highest BCUT2D eigenvalue weighted by atomic mass is 16.8. The van der Waals surface area contributed by atoms with E-state index in [9.17, 15) is 61.0 Å². The van der Waals surface area contributed by atoms with E-state index in [0.29, 0.717) is 6.42 Å². The first-order valence-electron chi connectivity index (χ1n) is 37.1. The van der Waals surface area contributed by atoms with E-state index in [1.54, 1.807) is 6.08 Å². The zero-order chi connectivity index (χ0) is 69.6. The highest BCUT2D eigenvalue weighted by Gasteiger charge is 2.53. The molecule has 0 aliphatic carbocycles. The summed E-state index contributed by atoms with van der Waals surface area (Å²) in [7, 11) is 0. The minimum atomic E-state index is -1.99. The van der Waals surface area contributed by atoms with Crippen LogP contribution in [0.15, 0.2) is 109 Å². The molecular formula is C77H131NO18. The molecule has 0 bridgehead atoms. The molecule has 3 aliphatic heterocycles.